The smallest absolute Gasteiger partial charge is 0.306 e. The highest BCUT2D eigenvalue weighted by Crippen LogP contribution is 2.13. The lowest BCUT2D eigenvalue weighted by Gasteiger charge is -2.18. The second-order valence-electron chi connectivity index (χ2n) is 12.8. The summed E-state index contributed by atoms with van der Waals surface area (Å²) in [5, 5.41) is 0. The van der Waals surface area contributed by atoms with E-state index >= 15 is 0 Å². The summed E-state index contributed by atoms with van der Waals surface area (Å²) in [4.78, 5) is 37.1. The SMILES string of the molecule is CC/C=C\C/C=C\C/C=C\CCCCCCCCCC(=O)OCC(COC(=O)CCCCCCCC)OC(=O)CCCCCCCC. The Labute approximate surface area is 289 Å². The van der Waals surface area contributed by atoms with Gasteiger partial charge in [0.25, 0.3) is 0 Å². The minimum absolute atomic E-state index is 0.0754. The molecule has 272 valence electrons. The normalized spacial score (nSPS) is 12.3. The lowest BCUT2D eigenvalue weighted by molar-refractivity contribution is -0.167. The quantitative estimate of drug-likeness (QED) is 0.0296. The first-order chi connectivity index (χ1) is 23.0. The molecule has 0 aromatic rings. The van der Waals surface area contributed by atoms with Gasteiger partial charge in [0.05, 0.1) is 0 Å². The standard InChI is InChI=1S/C41H72O6/c1-4-7-10-13-16-17-18-19-20-21-22-23-24-25-26-29-31-34-40(43)46-37-38(47-41(44)35-32-28-15-12-9-6-3)36-45-39(42)33-30-27-14-11-8-5-2/h7,10,16-17,19-20,38H,4-6,8-9,11-15,18,21-37H2,1-3H3/b10-7-,17-16-,20-19-. The second kappa shape index (κ2) is 36.5. The van der Waals surface area contributed by atoms with E-state index < -0.39 is 6.10 Å². The predicted molar refractivity (Wildman–Crippen MR) is 196 cm³/mol. The third-order valence-corrected chi connectivity index (χ3v) is 8.16. The molecular formula is C41H72O6. The number of hydrogen-bond acceptors (Lipinski definition) is 6. The Bertz CT molecular complexity index is 815. The van der Waals surface area contributed by atoms with E-state index in [1.54, 1.807) is 0 Å². The van der Waals surface area contributed by atoms with Crippen LogP contribution in [0.3, 0.4) is 0 Å². The van der Waals surface area contributed by atoms with Crippen molar-refractivity contribution in [2.75, 3.05) is 13.2 Å². The average molecular weight is 661 g/mol. The first-order valence-electron chi connectivity index (χ1n) is 19.5. The topological polar surface area (TPSA) is 78.9 Å². The van der Waals surface area contributed by atoms with Crippen LogP contribution < -0.4 is 0 Å². The van der Waals surface area contributed by atoms with Gasteiger partial charge in [0.2, 0.25) is 0 Å². The van der Waals surface area contributed by atoms with Crippen LogP contribution in [0.2, 0.25) is 0 Å². The van der Waals surface area contributed by atoms with Gasteiger partial charge in [0.15, 0.2) is 6.10 Å². The van der Waals surface area contributed by atoms with Crippen molar-refractivity contribution in [3.05, 3.63) is 36.5 Å². The van der Waals surface area contributed by atoms with E-state index in [1.807, 2.05) is 0 Å². The molecule has 0 bridgehead atoms. The molecule has 0 N–H and O–H groups in total. The fourth-order valence-electron chi connectivity index (χ4n) is 5.22. The molecule has 0 radical (unpaired) electrons. The Morgan fingerprint density at radius 1 is 0.447 bits per heavy atom. The maximum atomic E-state index is 12.5. The van der Waals surface area contributed by atoms with Crippen molar-refractivity contribution in [2.45, 2.75) is 194 Å². The van der Waals surface area contributed by atoms with Crippen LogP contribution in [0.25, 0.3) is 0 Å². The summed E-state index contributed by atoms with van der Waals surface area (Å²) in [5.41, 5.74) is 0. The molecule has 0 rings (SSSR count). The van der Waals surface area contributed by atoms with E-state index in [2.05, 4.69) is 57.2 Å². The highest BCUT2D eigenvalue weighted by Gasteiger charge is 2.19. The molecule has 0 aliphatic rings. The summed E-state index contributed by atoms with van der Waals surface area (Å²) < 4.78 is 16.5. The van der Waals surface area contributed by atoms with E-state index in [4.69, 9.17) is 14.2 Å². The van der Waals surface area contributed by atoms with Gasteiger partial charge in [-0.1, -0.05) is 154 Å². The monoisotopic (exact) mass is 661 g/mol. The molecule has 6 nitrogen and oxygen atoms in total. The first-order valence-corrected chi connectivity index (χ1v) is 19.5. The van der Waals surface area contributed by atoms with Gasteiger partial charge in [-0.15, -0.1) is 0 Å². The maximum Gasteiger partial charge on any atom is 0.306 e. The molecule has 1 unspecified atom stereocenters. The van der Waals surface area contributed by atoms with Crippen LogP contribution in [0, 0.1) is 0 Å². The summed E-state index contributed by atoms with van der Waals surface area (Å²) in [7, 11) is 0. The van der Waals surface area contributed by atoms with E-state index in [1.165, 1.54) is 64.2 Å². The van der Waals surface area contributed by atoms with Crippen molar-refractivity contribution in [3.63, 3.8) is 0 Å². The molecule has 47 heavy (non-hydrogen) atoms. The molecule has 0 aliphatic heterocycles. The third kappa shape index (κ3) is 34.8. The fourth-order valence-corrected chi connectivity index (χ4v) is 5.22. The molecule has 0 amide bonds. The second-order valence-corrected chi connectivity index (χ2v) is 12.8. The molecule has 0 spiro atoms. The van der Waals surface area contributed by atoms with Crippen LogP contribution in [-0.4, -0.2) is 37.2 Å². The van der Waals surface area contributed by atoms with Crippen molar-refractivity contribution in [1.82, 2.24) is 0 Å². The molecular weight excluding hydrogens is 588 g/mol. The van der Waals surface area contributed by atoms with Crippen LogP contribution in [0.5, 0.6) is 0 Å². The van der Waals surface area contributed by atoms with Gasteiger partial charge < -0.3 is 14.2 Å². The summed E-state index contributed by atoms with van der Waals surface area (Å²) in [5.74, 6) is -0.911. The Hall–Kier alpha value is -2.37. The van der Waals surface area contributed by atoms with Crippen LogP contribution in [0.4, 0.5) is 0 Å². The van der Waals surface area contributed by atoms with Gasteiger partial charge in [-0.2, -0.15) is 0 Å². The minimum Gasteiger partial charge on any atom is -0.462 e. The van der Waals surface area contributed by atoms with Gasteiger partial charge in [-0.25, -0.2) is 0 Å². The van der Waals surface area contributed by atoms with Crippen LogP contribution in [0.15, 0.2) is 36.5 Å². The molecule has 0 saturated carbocycles. The zero-order valence-corrected chi connectivity index (χ0v) is 30.8. The van der Waals surface area contributed by atoms with Gasteiger partial charge in [-0.3, -0.25) is 14.4 Å². The van der Waals surface area contributed by atoms with Crippen LogP contribution in [-0.2, 0) is 28.6 Å². The van der Waals surface area contributed by atoms with Crippen LogP contribution in [0.1, 0.15) is 188 Å². The fraction of sp³-hybridized carbons (Fsp3) is 0.780. The van der Waals surface area contributed by atoms with E-state index in [-0.39, 0.29) is 31.1 Å². The van der Waals surface area contributed by atoms with Gasteiger partial charge >= 0.3 is 17.9 Å². The summed E-state index contributed by atoms with van der Waals surface area (Å²) in [6.45, 7) is 6.37. The summed E-state index contributed by atoms with van der Waals surface area (Å²) >= 11 is 0. The van der Waals surface area contributed by atoms with E-state index in [0.717, 1.165) is 83.5 Å². The molecule has 0 heterocycles. The third-order valence-electron chi connectivity index (χ3n) is 8.16. The number of hydrogen-bond donors (Lipinski definition) is 0. The first kappa shape index (κ1) is 44.6. The zero-order valence-electron chi connectivity index (χ0n) is 30.8. The maximum absolute atomic E-state index is 12.5. The van der Waals surface area contributed by atoms with Gasteiger partial charge in [-0.05, 0) is 51.4 Å². The Kier molecular flexibility index (Phi) is 34.6. The number of esters is 3. The molecule has 0 aliphatic carbocycles. The van der Waals surface area contributed by atoms with E-state index in [0.29, 0.717) is 19.3 Å². The zero-order chi connectivity index (χ0) is 34.5. The van der Waals surface area contributed by atoms with Crippen molar-refractivity contribution < 1.29 is 28.6 Å². The largest absolute Gasteiger partial charge is 0.462 e. The lowest BCUT2D eigenvalue weighted by atomic mass is 10.1. The van der Waals surface area contributed by atoms with Crippen LogP contribution >= 0.6 is 0 Å². The summed E-state index contributed by atoms with van der Waals surface area (Å²) in [6.07, 6.45) is 38.8. The average Bonchev–Trinajstić information content (AvgIpc) is 3.06. The number of carbonyl (C=O) groups is 3. The number of rotatable bonds is 34. The van der Waals surface area contributed by atoms with Gasteiger partial charge in [0.1, 0.15) is 13.2 Å². The molecule has 0 fully saturated rings. The highest BCUT2D eigenvalue weighted by molar-refractivity contribution is 5.71. The summed E-state index contributed by atoms with van der Waals surface area (Å²) in [6, 6.07) is 0. The minimum atomic E-state index is -0.765. The molecule has 6 heteroatoms. The predicted octanol–water partition coefficient (Wildman–Crippen LogP) is 11.9. The number of unbranched alkanes of at least 4 members (excludes halogenated alkanes) is 17. The molecule has 0 aromatic heterocycles. The van der Waals surface area contributed by atoms with Crippen molar-refractivity contribution >= 4 is 17.9 Å². The van der Waals surface area contributed by atoms with E-state index in [9.17, 15) is 14.4 Å². The number of carbonyl (C=O) groups excluding carboxylic acids is 3. The number of ether oxygens (including phenoxy) is 3. The number of allylic oxidation sites excluding steroid dienone is 6. The molecule has 0 saturated heterocycles. The molecule has 1 atom stereocenters. The Morgan fingerprint density at radius 2 is 0.830 bits per heavy atom. The lowest BCUT2D eigenvalue weighted by Crippen LogP contribution is -2.30. The Morgan fingerprint density at radius 3 is 1.30 bits per heavy atom. The van der Waals surface area contributed by atoms with Crippen molar-refractivity contribution in [3.8, 4) is 0 Å². The van der Waals surface area contributed by atoms with Crippen molar-refractivity contribution in [1.29, 1.82) is 0 Å². The molecule has 0 aromatic carbocycles. The van der Waals surface area contributed by atoms with Gasteiger partial charge in [0, 0.05) is 19.3 Å². The highest BCUT2D eigenvalue weighted by atomic mass is 16.6. The van der Waals surface area contributed by atoms with Crippen molar-refractivity contribution in [2.24, 2.45) is 0 Å². The Balaban J connectivity index is 4.19.